The van der Waals surface area contributed by atoms with E-state index in [1.165, 1.54) is 0 Å². The molecule has 0 aliphatic carbocycles. The zero-order valence-electron chi connectivity index (χ0n) is 10.4. The molecule has 0 saturated heterocycles. The van der Waals surface area contributed by atoms with Gasteiger partial charge in [0.05, 0.1) is 18.7 Å². The van der Waals surface area contributed by atoms with Crippen LogP contribution in [0.15, 0.2) is 42.5 Å². The molecule has 0 bridgehead atoms. The first kappa shape index (κ1) is 13.3. The van der Waals surface area contributed by atoms with Gasteiger partial charge in [-0.15, -0.1) is 11.6 Å². The summed E-state index contributed by atoms with van der Waals surface area (Å²) in [5, 5.41) is 8.95. The van der Waals surface area contributed by atoms with Crippen molar-refractivity contribution in [2.75, 3.05) is 7.11 Å². The monoisotopic (exact) mass is 273 g/mol. The van der Waals surface area contributed by atoms with Gasteiger partial charge in [0.1, 0.15) is 17.2 Å². The van der Waals surface area contributed by atoms with Crippen LogP contribution in [0.3, 0.4) is 0 Å². The highest BCUT2D eigenvalue weighted by Crippen LogP contribution is 2.27. The van der Waals surface area contributed by atoms with Gasteiger partial charge < -0.3 is 9.47 Å². The van der Waals surface area contributed by atoms with Gasteiger partial charge >= 0.3 is 0 Å². The maximum atomic E-state index is 8.95. The molecule has 0 fully saturated rings. The molecule has 19 heavy (non-hydrogen) atoms. The molecule has 0 spiro atoms. The van der Waals surface area contributed by atoms with Gasteiger partial charge in [0.25, 0.3) is 0 Å². The Bertz CT molecular complexity index is 620. The van der Waals surface area contributed by atoms with Gasteiger partial charge in [-0.2, -0.15) is 5.26 Å². The van der Waals surface area contributed by atoms with Crippen molar-refractivity contribution in [2.45, 2.75) is 5.88 Å². The van der Waals surface area contributed by atoms with E-state index in [9.17, 15) is 0 Å². The van der Waals surface area contributed by atoms with E-state index in [0.717, 1.165) is 5.56 Å². The van der Waals surface area contributed by atoms with E-state index >= 15 is 0 Å². The molecule has 96 valence electrons. The number of rotatable bonds is 4. The second kappa shape index (κ2) is 6.12. The van der Waals surface area contributed by atoms with Crippen molar-refractivity contribution in [3.05, 3.63) is 53.6 Å². The van der Waals surface area contributed by atoms with Gasteiger partial charge in [0.15, 0.2) is 0 Å². The average Bonchev–Trinajstić information content (AvgIpc) is 2.47. The minimum atomic E-state index is 0.429. The Labute approximate surface area is 117 Å². The summed E-state index contributed by atoms with van der Waals surface area (Å²) in [7, 11) is 1.55. The minimum absolute atomic E-state index is 0.429. The molecule has 0 heterocycles. The zero-order chi connectivity index (χ0) is 13.7. The van der Waals surface area contributed by atoms with Crippen molar-refractivity contribution in [1.82, 2.24) is 0 Å². The second-order valence-corrected chi connectivity index (χ2v) is 4.16. The minimum Gasteiger partial charge on any atom is -0.497 e. The van der Waals surface area contributed by atoms with Crippen LogP contribution < -0.4 is 9.47 Å². The van der Waals surface area contributed by atoms with Crippen molar-refractivity contribution in [3.63, 3.8) is 0 Å². The summed E-state index contributed by atoms with van der Waals surface area (Å²) in [5.74, 6) is 2.25. The fourth-order valence-corrected chi connectivity index (χ4v) is 1.81. The largest absolute Gasteiger partial charge is 0.497 e. The molecule has 3 nitrogen and oxygen atoms in total. The predicted octanol–water partition coefficient (Wildman–Crippen LogP) is 4.10. The Morgan fingerprint density at radius 1 is 1.11 bits per heavy atom. The molecule has 0 radical (unpaired) electrons. The quantitative estimate of drug-likeness (QED) is 0.788. The lowest BCUT2D eigenvalue weighted by Crippen LogP contribution is -1.89. The smallest absolute Gasteiger partial charge is 0.132 e. The van der Waals surface area contributed by atoms with Crippen molar-refractivity contribution >= 4 is 11.6 Å². The van der Waals surface area contributed by atoms with E-state index < -0.39 is 0 Å². The normalized spacial score (nSPS) is 9.74. The predicted molar refractivity (Wildman–Crippen MR) is 73.8 cm³/mol. The van der Waals surface area contributed by atoms with Crippen LogP contribution in [0.5, 0.6) is 17.2 Å². The number of hydrogen-bond donors (Lipinski definition) is 0. The lowest BCUT2D eigenvalue weighted by molar-refractivity contribution is 0.409. The molecule has 0 saturated carbocycles. The highest BCUT2D eigenvalue weighted by Gasteiger charge is 2.04. The molecule has 0 aliphatic heterocycles. The SMILES string of the molecule is COc1cc(C#N)cc(Oc2cccc(CCl)c2)c1. The fourth-order valence-electron chi connectivity index (χ4n) is 1.64. The Morgan fingerprint density at radius 3 is 2.58 bits per heavy atom. The van der Waals surface area contributed by atoms with Crippen LogP contribution in [0.4, 0.5) is 0 Å². The van der Waals surface area contributed by atoms with Crippen molar-refractivity contribution in [2.24, 2.45) is 0 Å². The maximum Gasteiger partial charge on any atom is 0.132 e. The standard InChI is InChI=1S/C15H12ClNO2/c1-18-14-6-12(10-17)7-15(8-14)19-13-4-2-3-11(5-13)9-16/h2-8H,9H2,1H3. The van der Waals surface area contributed by atoms with Crippen molar-refractivity contribution in [3.8, 4) is 23.3 Å². The molecule has 2 rings (SSSR count). The van der Waals surface area contributed by atoms with Crippen LogP contribution in [-0.2, 0) is 5.88 Å². The number of halogens is 1. The van der Waals surface area contributed by atoms with Crippen molar-refractivity contribution in [1.29, 1.82) is 5.26 Å². The number of nitriles is 1. The summed E-state index contributed by atoms with van der Waals surface area (Å²) >= 11 is 5.78. The summed E-state index contributed by atoms with van der Waals surface area (Å²) in [6.07, 6.45) is 0. The maximum absolute atomic E-state index is 8.95. The number of ether oxygens (including phenoxy) is 2. The summed E-state index contributed by atoms with van der Waals surface area (Å²) in [5.41, 5.74) is 1.46. The molecule has 2 aromatic rings. The molecular formula is C15H12ClNO2. The van der Waals surface area contributed by atoms with Crippen LogP contribution in [0.25, 0.3) is 0 Å². The summed E-state index contributed by atoms with van der Waals surface area (Å²) in [6.45, 7) is 0. The highest BCUT2D eigenvalue weighted by molar-refractivity contribution is 6.17. The molecule has 0 N–H and O–H groups in total. The molecule has 0 aliphatic rings. The first-order valence-corrected chi connectivity index (χ1v) is 6.20. The van der Waals surface area contributed by atoms with Gasteiger partial charge in [-0.3, -0.25) is 0 Å². The van der Waals surface area contributed by atoms with Gasteiger partial charge in [0.2, 0.25) is 0 Å². The Morgan fingerprint density at radius 2 is 1.89 bits per heavy atom. The third-order valence-electron chi connectivity index (χ3n) is 2.53. The topological polar surface area (TPSA) is 42.2 Å². The third kappa shape index (κ3) is 3.40. The van der Waals surface area contributed by atoms with Gasteiger partial charge in [-0.05, 0) is 29.8 Å². The van der Waals surface area contributed by atoms with E-state index in [2.05, 4.69) is 6.07 Å². The van der Waals surface area contributed by atoms with E-state index in [4.69, 9.17) is 26.3 Å². The summed E-state index contributed by atoms with van der Waals surface area (Å²) in [4.78, 5) is 0. The molecule has 2 aromatic carbocycles. The Hall–Kier alpha value is -2.18. The second-order valence-electron chi connectivity index (χ2n) is 3.89. The van der Waals surface area contributed by atoms with Gasteiger partial charge in [-0.25, -0.2) is 0 Å². The highest BCUT2D eigenvalue weighted by atomic mass is 35.5. The molecule has 0 amide bonds. The van der Waals surface area contributed by atoms with Crippen LogP contribution in [-0.4, -0.2) is 7.11 Å². The third-order valence-corrected chi connectivity index (χ3v) is 2.84. The van der Waals surface area contributed by atoms with Crippen molar-refractivity contribution < 1.29 is 9.47 Å². The first-order valence-electron chi connectivity index (χ1n) is 5.67. The number of benzene rings is 2. The van der Waals surface area contributed by atoms with Crippen LogP contribution in [0, 0.1) is 11.3 Å². The van der Waals surface area contributed by atoms with Crippen LogP contribution >= 0.6 is 11.6 Å². The number of methoxy groups -OCH3 is 1. The lowest BCUT2D eigenvalue weighted by atomic mass is 10.2. The van der Waals surface area contributed by atoms with E-state index in [0.29, 0.717) is 28.7 Å². The summed E-state index contributed by atoms with van der Waals surface area (Å²) < 4.78 is 10.8. The lowest BCUT2D eigenvalue weighted by Gasteiger charge is -2.09. The Balaban J connectivity index is 2.29. The molecule has 0 atom stereocenters. The summed E-state index contributed by atoms with van der Waals surface area (Å²) in [6, 6.07) is 14.6. The zero-order valence-corrected chi connectivity index (χ0v) is 11.1. The molecular weight excluding hydrogens is 262 g/mol. The van der Waals surface area contributed by atoms with Gasteiger partial charge in [-0.1, -0.05) is 12.1 Å². The fraction of sp³-hybridized carbons (Fsp3) is 0.133. The number of alkyl halides is 1. The van der Waals surface area contributed by atoms with E-state index in [1.807, 2.05) is 24.3 Å². The van der Waals surface area contributed by atoms with E-state index in [1.54, 1.807) is 25.3 Å². The van der Waals surface area contributed by atoms with Gasteiger partial charge in [0, 0.05) is 11.9 Å². The molecule has 0 unspecified atom stereocenters. The van der Waals surface area contributed by atoms with E-state index in [-0.39, 0.29) is 0 Å². The van der Waals surface area contributed by atoms with Crippen LogP contribution in [0.1, 0.15) is 11.1 Å². The first-order chi connectivity index (χ1) is 9.25. The molecule has 4 heteroatoms. The number of nitrogens with zero attached hydrogens (tertiary/aromatic N) is 1. The number of hydrogen-bond acceptors (Lipinski definition) is 3. The Kier molecular flexibility index (Phi) is 4.27. The molecule has 0 aromatic heterocycles. The van der Waals surface area contributed by atoms with Crippen LogP contribution in [0.2, 0.25) is 0 Å². The average molecular weight is 274 g/mol.